The summed E-state index contributed by atoms with van der Waals surface area (Å²) < 4.78 is 0. The fourth-order valence-corrected chi connectivity index (χ4v) is 1.26. The number of rotatable bonds is 6. The summed E-state index contributed by atoms with van der Waals surface area (Å²) in [6, 6.07) is 0. The highest BCUT2D eigenvalue weighted by Crippen LogP contribution is 2.19. The second-order valence-corrected chi connectivity index (χ2v) is 3.79. The molecular formula is C11H18O3. The molecule has 3 heteroatoms. The molecule has 0 bridgehead atoms. The zero-order valence-corrected chi connectivity index (χ0v) is 8.73. The molecule has 0 heterocycles. The van der Waals surface area contributed by atoms with E-state index in [9.17, 15) is 9.90 Å². The number of hydrogen-bond donors (Lipinski definition) is 2. The maximum atomic E-state index is 10.6. The van der Waals surface area contributed by atoms with E-state index in [0.717, 1.165) is 6.42 Å². The molecule has 14 heavy (non-hydrogen) atoms. The molecule has 0 aromatic heterocycles. The van der Waals surface area contributed by atoms with Crippen LogP contribution in [0.5, 0.6) is 0 Å². The summed E-state index contributed by atoms with van der Waals surface area (Å²) in [5.41, 5.74) is -1.62. The maximum Gasteiger partial charge on any atom is 0.335 e. The Bertz CT molecular complexity index is 229. The number of allylic oxidation sites excluding steroid dienone is 3. The summed E-state index contributed by atoms with van der Waals surface area (Å²) in [6.07, 6.45) is 6.39. The first-order valence-electron chi connectivity index (χ1n) is 4.63. The van der Waals surface area contributed by atoms with Crippen molar-refractivity contribution in [3.8, 4) is 0 Å². The largest absolute Gasteiger partial charge is 0.479 e. The van der Waals surface area contributed by atoms with Crippen molar-refractivity contribution in [3.63, 3.8) is 0 Å². The van der Waals surface area contributed by atoms with Crippen molar-refractivity contribution >= 4 is 5.97 Å². The molecule has 0 saturated carbocycles. The van der Waals surface area contributed by atoms with Crippen molar-refractivity contribution in [2.24, 2.45) is 5.92 Å². The van der Waals surface area contributed by atoms with Crippen LogP contribution in [0.4, 0.5) is 0 Å². The quantitative estimate of drug-likeness (QED) is 0.641. The fraction of sp³-hybridized carbons (Fsp3) is 0.545. The minimum absolute atomic E-state index is 0.136. The lowest BCUT2D eigenvalue weighted by Crippen LogP contribution is -2.36. The number of carboxylic acid groups (broad SMARTS) is 1. The van der Waals surface area contributed by atoms with Gasteiger partial charge >= 0.3 is 5.97 Å². The van der Waals surface area contributed by atoms with E-state index in [4.69, 9.17) is 5.11 Å². The number of hydrogen-bond acceptors (Lipinski definition) is 2. The zero-order valence-electron chi connectivity index (χ0n) is 8.73. The summed E-state index contributed by atoms with van der Waals surface area (Å²) >= 11 is 0. The molecule has 2 N–H and O–H groups in total. The fourth-order valence-electron chi connectivity index (χ4n) is 1.26. The Hall–Kier alpha value is -1.09. The third-order valence-corrected chi connectivity index (χ3v) is 2.02. The Kier molecular flexibility index (Phi) is 5.16. The summed E-state index contributed by atoms with van der Waals surface area (Å²) in [5, 5.41) is 18.2. The molecule has 0 fully saturated rings. The van der Waals surface area contributed by atoms with Crippen molar-refractivity contribution in [2.45, 2.75) is 32.3 Å². The first-order chi connectivity index (χ1) is 6.40. The van der Waals surface area contributed by atoms with Gasteiger partial charge in [0.25, 0.3) is 0 Å². The molecular weight excluding hydrogens is 180 g/mol. The summed E-state index contributed by atoms with van der Waals surface area (Å²) in [7, 11) is 0. The Labute approximate surface area is 84.8 Å². The van der Waals surface area contributed by atoms with E-state index in [1.54, 1.807) is 6.08 Å². The third-order valence-electron chi connectivity index (χ3n) is 2.02. The number of carboxylic acids is 1. The van der Waals surface area contributed by atoms with Gasteiger partial charge in [-0.1, -0.05) is 31.7 Å². The first-order valence-corrected chi connectivity index (χ1v) is 4.63. The monoisotopic (exact) mass is 198 g/mol. The topological polar surface area (TPSA) is 57.5 Å². The lowest BCUT2D eigenvalue weighted by atomic mass is 9.91. The van der Waals surface area contributed by atoms with E-state index in [-0.39, 0.29) is 12.3 Å². The third kappa shape index (κ3) is 4.82. The molecule has 2 unspecified atom stereocenters. The van der Waals surface area contributed by atoms with Crippen LogP contribution in [0.15, 0.2) is 24.8 Å². The molecule has 3 nitrogen and oxygen atoms in total. The highest BCUT2D eigenvalue weighted by Gasteiger charge is 2.31. The maximum absolute atomic E-state index is 10.6. The van der Waals surface area contributed by atoms with Crippen molar-refractivity contribution in [2.75, 3.05) is 0 Å². The van der Waals surface area contributed by atoms with E-state index in [0.29, 0.717) is 0 Å². The van der Waals surface area contributed by atoms with E-state index >= 15 is 0 Å². The van der Waals surface area contributed by atoms with Crippen LogP contribution in [0.2, 0.25) is 0 Å². The summed E-state index contributed by atoms with van der Waals surface area (Å²) in [4.78, 5) is 10.6. The van der Waals surface area contributed by atoms with Crippen molar-refractivity contribution in [1.29, 1.82) is 0 Å². The molecule has 0 radical (unpaired) electrons. The second-order valence-electron chi connectivity index (χ2n) is 3.79. The van der Waals surface area contributed by atoms with Gasteiger partial charge in [-0.3, -0.25) is 0 Å². The van der Waals surface area contributed by atoms with Crippen molar-refractivity contribution < 1.29 is 15.0 Å². The van der Waals surface area contributed by atoms with Gasteiger partial charge in [-0.15, -0.1) is 0 Å². The minimum Gasteiger partial charge on any atom is -0.479 e. The second kappa shape index (κ2) is 5.60. The molecule has 80 valence electrons. The van der Waals surface area contributed by atoms with Gasteiger partial charge in [0.2, 0.25) is 0 Å². The van der Waals surface area contributed by atoms with E-state index in [2.05, 4.69) is 6.58 Å². The zero-order chi connectivity index (χ0) is 11.2. The van der Waals surface area contributed by atoms with Gasteiger partial charge in [-0.2, -0.15) is 0 Å². The Morgan fingerprint density at radius 2 is 2.21 bits per heavy atom. The molecule has 0 aliphatic carbocycles. The predicted octanol–water partition coefficient (Wildman–Crippen LogP) is 1.98. The molecule has 0 amide bonds. The van der Waals surface area contributed by atoms with Gasteiger partial charge in [-0.25, -0.2) is 4.79 Å². The summed E-state index contributed by atoms with van der Waals surface area (Å²) in [5.74, 6) is -1.03. The molecule has 0 aromatic carbocycles. The van der Waals surface area contributed by atoms with E-state index in [1.165, 1.54) is 6.92 Å². The molecule has 0 rings (SSSR count). The van der Waals surface area contributed by atoms with Crippen LogP contribution < -0.4 is 0 Å². The van der Waals surface area contributed by atoms with Crippen LogP contribution in [0.1, 0.15) is 26.7 Å². The van der Waals surface area contributed by atoms with Gasteiger partial charge in [0.15, 0.2) is 5.60 Å². The first kappa shape index (κ1) is 12.9. The van der Waals surface area contributed by atoms with Gasteiger partial charge in [0.05, 0.1) is 0 Å². The van der Waals surface area contributed by atoms with Crippen molar-refractivity contribution in [3.05, 3.63) is 24.8 Å². The number of carbonyl (C=O) groups is 1. The van der Waals surface area contributed by atoms with Gasteiger partial charge < -0.3 is 10.2 Å². The van der Waals surface area contributed by atoms with Crippen LogP contribution in [0, 0.1) is 5.92 Å². The molecule has 0 aliphatic rings. The Morgan fingerprint density at radius 3 is 2.64 bits per heavy atom. The van der Waals surface area contributed by atoms with Crippen LogP contribution >= 0.6 is 0 Å². The average molecular weight is 198 g/mol. The molecule has 0 aromatic rings. The average Bonchev–Trinajstić information content (AvgIpc) is 2.03. The predicted molar refractivity (Wildman–Crippen MR) is 56.0 cm³/mol. The SMILES string of the molecule is C=C/C=C/CC(C)CC(C)(O)C(=O)O. The molecule has 0 aliphatic heterocycles. The number of aliphatic hydroxyl groups is 1. The number of aliphatic carboxylic acids is 1. The Morgan fingerprint density at radius 1 is 1.64 bits per heavy atom. The van der Waals surface area contributed by atoms with Crippen LogP contribution in [-0.2, 0) is 4.79 Å². The van der Waals surface area contributed by atoms with E-state index < -0.39 is 11.6 Å². The van der Waals surface area contributed by atoms with E-state index in [1.807, 2.05) is 19.1 Å². The lowest BCUT2D eigenvalue weighted by molar-refractivity contribution is -0.158. The molecule has 0 saturated heterocycles. The van der Waals surface area contributed by atoms with Crippen LogP contribution in [0.3, 0.4) is 0 Å². The minimum atomic E-state index is -1.62. The lowest BCUT2D eigenvalue weighted by Gasteiger charge is -2.21. The van der Waals surface area contributed by atoms with Gasteiger partial charge in [0.1, 0.15) is 0 Å². The smallest absolute Gasteiger partial charge is 0.335 e. The molecule has 2 atom stereocenters. The highest BCUT2D eigenvalue weighted by atomic mass is 16.4. The normalized spacial score (nSPS) is 17.6. The van der Waals surface area contributed by atoms with Gasteiger partial charge in [0, 0.05) is 0 Å². The Balaban J connectivity index is 4.05. The summed E-state index contributed by atoms with van der Waals surface area (Å²) in [6.45, 7) is 6.76. The molecule has 0 spiro atoms. The highest BCUT2D eigenvalue weighted by molar-refractivity contribution is 5.76. The standard InChI is InChI=1S/C11H18O3/c1-4-5-6-7-9(2)8-11(3,14)10(12)13/h4-6,9,14H,1,7-8H2,2-3H3,(H,12,13)/b6-5+. The van der Waals surface area contributed by atoms with Crippen LogP contribution in [0.25, 0.3) is 0 Å². The van der Waals surface area contributed by atoms with Crippen LogP contribution in [-0.4, -0.2) is 21.8 Å². The van der Waals surface area contributed by atoms with Crippen molar-refractivity contribution in [1.82, 2.24) is 0 Å². The van der Waals surface area contributed by atoms with Gasteiger partial charge in [-0.05, 0) is 25.7 Å².